The Morgan fingerprint density at radius 1 is 1.28 bits per heavy atom. The Labute approximate surface area is 174 Å². The topological polar surface area (TPSA) is 83.2 Å². The van der Waals surface area contributed by atoms with Crippen molar-refractivity contribution in [1.29, 1.82) is 5.26 Å². The zero-order valence-corrected chi connectivity index (χ0v) is 16.6. The summed E-state index contributed by atoms with van der Waals surface area (Å²) >= 11 is 5.93. The highest BCUT2D eigenvalue weighted by molar-refractivity contribution is 6.30. The minimum absolute atomic E-state index is 0.143. The van der Waals surface area contributed by atoms with E-state index in [1.165, 1.54) is 6.20 Å². The Balaban J connectivity index is 1.56. The van der Waals surface area contributed by atoms with Crippen LogP contribution in [0.15, 0.2) is 60.8 Å². The number of nitrogens with zero attached hydrogens (tertiary/aromatic N) is 4. The normalized spacial score (nSPS) is 10.6. The molecule has 0 fully saturated rings. The molecule has 7 nitrogen and oxygen atoms in total. The number of carbonyl (C=O) groups is 1. The van der Waals surface area contributed by atoms with Crippen LogP contribution in [0, 0.1) is 11.3 Å². The summed E-state index contributed by atoms with van der Waals surface area (Å²) in [4.78, 5) is 14.3. The summed E-state index contributed by atoms with van der Waals surface area (Å²) in [5.41, 5.74) is 1.06. The lowest BCUT2D eigenvalue weighted by Gasteiger charge is -2.17. The average molecular weight is 410 g/mol. The molecule has 0 bridgehead atoms. The first-order valence-electron chi connectivity index (χ1n) is 8.97. The standard InChI is InChI=1S/C21H20ClN5O2/c1-26(10-11-29-19-9-5-6-17(22)12-19)15-20(28)25-21-16(13-23)14-24-27(21)18-7-3-2-4-8-18/h2-9,12,14H,10-11,15H2,1H3,(H,25,28). The largest absolute Gasteiger partial charge is 0.492 e. The van der Waals surface area contributed by atoms with Crippen molar-refractivity contribution in [3.63, 3.8) is 0 Å². The van der Waals surface area contributed by atoms with Crippen molar-refractivity contribution >= 4 is 23.3 Å². The third kappa shape index (κ3) is 5.57. The van der Waals surface area contributed by atoms with E-state index in [2.05, 4.69) is 16.5 Å². The van der Waals surface area contributed by atoms with Gasteiger partial charge in [-0.15, -0.1) is 0 Å². The van der Waals surface area contributed by atoms with Gasteiger partial charge in [0, 0.05) is 11.6 Å². The Kier molecular flexibility index (Phi) is 6.85. The molecule has 0 aliphatic heterocycles. The number of anilines is 1. The highest BCUT2D eigenvalue weighted by atomic mass is 35.5. The van der Waals surface area contributed by atoms with Crippen molar-refractivity contribution in [2.75, 3.05) is 32.1 Å². The molecule has 0 spiro atoms. The van der Waals surface area contributed by atoms with Gasteiger partial charge in [-0.05, 0) is 37.4 Å². The summed E-state index contributed by atoms with van der Waals surface area (Å²) in [7, 11) is 1.82. The Bertz CT molecular complexity index is 1010. The first-order chi connectivity index (χ1) is 14.1. The van der Waals surface area contributed by atoms with E-state index in [1.54, 1.807) is 16.8 Å². The summed E-state index contributed by atoms with van der Waals surface area (Å²) < 4.78 is 7.18. The van der Waals surface area contributed by atoms with Crippen molar-refractivity contribution in [3.05, 3.63) is 71.4 Å². The van der Waals surface area contributed by atoms with E-state index in [-0.39, 0.29) is 12.5 Å². The van der Waals surface area contributed by atoms with E-state index in [4.69, 9.17) is 16.3 Å². The van der Waals surface area contributed by atoms with Gasteiger partial charge in [0.25, 0.3) is 0 Å². The van der Waals surface area contributed by atoms with Gasteiger partial charge in [0.15, 0.2) is 5.82 Å². The zero-order chi connectivity index (χ0) is 20.6. The first kappa shape index (κ1) is 20.4. The van der Waals surface area contributed by atoms with E-state index in [0.717, 1.165) is 5.69 Å². The molecule has 1 heterocycles. The molecule has 1 aromatic heterocycles. The van der Waals surface area contributed by atoms with Gasteiger partial charge in [-0.25, -0.2) is 4.68 Å². The third-order valence-electron chi connectivity index (χ3n) is 4.10. The number of likely N-dealkylation sites (N-methyl/N-ethyl adjacent to an activating group) is 1. The van der Waals surface area contributed by atoms with Crippen LogP contribution in [0.5, 0.6) is 5.75 Å². The fraction of sp³-hybridized carbons (Fsp3) is 0.190. The average Bonchev–Trinajstić information content (AvgIpc) is 3.11. The van der Waals surface area contributed by atoms with Crippen molar-refractivity contribution < 1.29 is 9.53 Å². The fourth-order valence-electron chi connectivity index (χ4n) is 2.69. The first-order valence-corrected chi connectivity index (χ1v) is 9.35. The maximum Gasteiger partial charge on any atom is 0.239 e. The molecule has 0 saturated carbocycles. The molecule has 29 heavy (non-hydrogen) atoms. The Hall–Kier alpha value is -3.34. The van der Waals surface area contributed by atoms with E-state index in [9.17, 15) is 10.1 Å². The van der Waals surface area contributed by atoms with Crippen molar-refractivity contribution in [2.45, 2.75) is 0 Å². The van der Waals surface area contributed by atoms with Gasteiger partial charge in [-0.3, -0.25) is 9.69 Å². The number of ether oxygens (including phenoxy) is 1. The molecule has 0 aliphatic rings. The molecular formula is C21H20ClN5O2. The van der Waals surface area contributed by atoms with Crippen LogP contribution < -0.4 is 10.1 Å². The predicted octanol–water partition coefficient (Wildman–Crippen LogP) is 3.35. The Morgan fingerprint density at radius 2 is 2.07 bits per heavy atom. The number of benzene rings is 2. The third-order valence-corrected chi connectivity index (χ3v) is 4.33. The minimum atomic E-state index is -0.246. The van der Waals surface area contributed by atoms with E-state index >= 15 is 0 Å². The van der Waals surface area contributed by atoms with Crippen LogP contribution in [0.4, 0.5) is 5.82 Å². The number of hydrogen-bond donors (Lipinski definition) is 1. The van der Waals surface area contributed by atoms with Gasteiger partial charge < -0.3 is 10.1 Å². The molecule has 0 radical (unpaired) electrons. The molecule has 148 valence electrons. The highest BCUT2D eigenvalue weighted by Crippen LogP contribution is 2.19. The molecule has 1 N–H and O–H groups in total. The smallest absolute Gasteiger partial charge is 0.239 e. The van der Waals surface area contributed by atoms with Gasteiger partial charge in [0.05, 0.1) is 18.4 Å². The molecule has 8 heteroatoms. The molecule has 0 unspecified atom stereocenters. The second-order valence-electron chi connectivity index (χ2n) is 6.36. The summed E-state index contributed by atoms with van der Waals surface area (Å²) in [6.45, 7) is 1.10. The molecule has 3 aromatic rings. The van der Waals surface area contributed by atoms with E-state index in [1.807, 2.05) is 54.4 Å². The van der Waals surface area contributed by atoms with Crippen LogP contribution in [0.1, 0.15) is 5.56 Å². The molecule has 0 aliphatic carbocycles. The quantitative estimate of drug-likeness (QED) is 0.616. The van der Waals surface area contributed by atoms with Crippen molar-refractivity contribution in [1.82, 2.24) is 14.7 Å². The van der Waals surface area contributed by atoms with Gasteiger partial charge >= 0.3 is 0 Å². The number of amides is 1. The molecule has 0 saturated heterocycles. The number of para-hydroxylation sites is 1. The monoisotopic (exact) mass is 409 g/mol. The predicted molar refractivity (Wildman–Crippen MR) is 111 cm³/mol. The zero-order valence-electron chi connectivity index (χ0n) is 15.9. The van der Waals surface area contributed by atoms with Gasteiger partial charge in [-0.1, -0.05) is 35.9 Å². The van der Waals surface area contributed by atoms with Crippen molar-refractivity contribution in [3.8, 4) is 17.5 Å². The molecule has 1 amide bonds. The van der Waals surface area contributed by atoms with Crippen LogP contribution in [0.3, 0.4) is 0 Å². The second-order valence-corrected chi connectivity index (χ2v) is 6.79. The van der Waals surface area contributed by atoms with Gasteiger partial charge in [0.2, 0.25) is 5.91 Å². The maximum absolute atomic E-state index is 12.5. The van der Waals surface area contributed by atoms with E-state index in [0.29, 0.717) is 35.3 Å². The summed E-state index contributed by atoms with van der Waals surface area (Å²) in [6.07, 6.45) is 1.44. The molecule has 3 rings (SSSR count). The van der Waals surface area contributed by atoms with E-state index < -0.39 is 0 Å². The van der Waals surface area contributed by atoms with Crippen LogP contribution >= 0.6 is 11.6 Å². The van der Waals surface area contributed by atoms with Gasteiger partial charge in [0.1, 0.15) is 24.0 Å². The van der Waals surface area contributed by atoms with Crippen LogP contribution in [0.25, 0.3) is 5.69 Å². The van der Waals surface area contributed by atoms with Gasteiger partial charge in [-0.2, -0.15) is 10.4 Å². The lowest BCUT2D eigenvalue weighted by Crippen LogP contribution is -2.33. The summed E-state index contributed by atoms with van der Waals surface area (Å²) in [6, 6.07) is 18.5. The second kappa shape index (κ2) is 9.73. The number of rotatable bonds is 8. The molecular weight excluding hydrogens is 390 g/mol. The lowest BCUT2D eigenvalue weighted by molar-refractivity contribution is -0.117. The van der Waals surface area contributed by atoms with Crippen LogP contribution in [-0.4, -0.2) is 47.3 Å². The number of carbonyl (C=O) groups excluding carboxylic acids is 1. The Morgan fingerprint density at radius 3 is 2.79 bits per heavy atom. The number of nitriles is 1. The fourth-order valence-corrected chi connectivity index (χ4v) is 2.87. The van der Waals surface area contributed by atoms with Crippen molar-refractivity contribution in [2.24, 2.45) is 0 Å². The number of hydrogen-bond acceptors (Lipinski definition) is 5. The van der Waals surface area contributed by atoms with Crippen LogP contribution in [-0.2, 0) is 4.79 Å². The summed E-state index contributed by atoms with van der Waals surface area (Å²) in [5, 5.41) is 16.9. The SMILES string of the molecule is CN(CCOc1cccc(Cl)c1)CC(=O)Nc1c(C#N)cnn1-c1ccccc1. The molecule has 0 atom stereocenters. The number of nitrogens with one attached hydrogen (secondary N) is 1. The lowest BCUT2D eigenvalue weighted by atomic mass is 10.3. The highest BCUT2D eigenvalue weighted by Gasteiger charge is 2.16. The summed E-state index contributed by atoms with van der Waals surface area (Å²) in [5.74, 6) is 0.789. The molecule has 2 aromatic carbocycles. The number of aromatic nitrogens is 2. The maximum atomic E-state index is 12.5. The number of halogens is 1. The van der Waals surface area contributed by atoms with Crippen LogP contribution in [0.2, 0.25) is 5.02 Å². The minimum Gasteiger partial charge on any atom is -0.492 e.